The van der Waals surface area contributed by atoms with Gasteiger partial charge in [-0.3, -0.25) is 9.52 Å². The number of rotatable bonds is 8. The first-order valence-corrected chi connectivity index (χ1v) is 10.3. The number of amides is 1. The molecule has 7 heteroatoms. The van der Waals surface area contributed by atoms with Gasteiger partial charge in [-0.15, -0.1) is 0 Å². The van der Waals surface area contributed by atoms with Crippen molar-refractivity contribution < 1.29 is 17.9 Å². The third kappa shape index (κ3) is 5.99. The molecule has 27 heavy (non-hydrogen) atoms. The largest absolute Gasteiger partial charge is 0.494 e. The highest BCUT2D eigenvalue weighted by molar-refractivity contribution is 7.92. The van der Waals surface area contributed by atoms with Crippen LogP contribution in [0.2, 0.25) is 0 Å². The minimum Gasteiger partial charge on any atom is -0.494 e. The molecule has 0 atom stereocenters. The Kier molecular flexibility index (Phi) is 6.85. The summed E-state index contributed by atoms with van der Waals surface area (Å²) in [6, 6.07) is 11.6. The van der Waals surface area contributed by atoms with E-state index in [0.29, 0.717) is 23.0 Å². The van der Waals surface area contributed by atoms with Crippen molar-refractivity contribution in [1.82, 2.24) is 0 Å². The Morgan fingerprint density at radius 2 is 1.78 bits per heavy atom. The van der Waals surface area contributed by atoms with Crippen LogP contribution >= 0.6 is 0 Å². The number of carbonyl (C=O) groups excluding carboxylic acids is 1. The first-order valence-electron chi connectivity index (χ1n) is 8.78. The van der Waals surface area contributed by atoms with Crippen LogP contribution in [0, 0.1) is 5.92 Å². The first-order chi connectivity index (χ1) is 12.7. The summed E-state index contributed by atoms with van der Waals surface area (Å²) in [5.41, 5.74) is 1.94. The maximum absolute atomic E-state index is 12.6. The fourth-order valence-corrected chi connectivity index (χ4v) is 3.60. The highest BCUT2D eigenvalue weighted by Crippen LogP contribution is 2.29. The Morgan fingerprint density at radius 3 is 2.33 bits per heavy atom. The van der Waals surface area contributed by atoms with Gasteiger partial charge in [0.25, 0.3) is 10.0 Å². The predicted octanol–water partition coefficient (Wildman–Crippen LogP) is 4.04. The van der Waals surface area contributed by atoms with Crippen molar-refractivity contribution in [3.63, 3.8) is 0 Å². The summed E-state index contributed by atoms with van der Waals surface area (Å²) in [6.07, 6.45) is 1.98. The molecule has 0 aliphatic rings. The van der Waals surface area contributed by atoms with E-state index in [9.17, 15) is 13.2 Å². The van der Waals surface area contributed by atoms with Gasteiger partial charge in [0.2, 0.25) is 5.91 Å². The molecule has 0 aromatic heterocycles. The van der Waals surface area contributed by atoms with E-state index < -0.39 is 10.0 Å². The highest BCUT2D eigenvalue weighted by atomic mass is 32.2. The van der Waals surface area contributed by atoms with Gasteiger partial charge in [-0.05, 0) is 48.6 Å². The summed E-state index contributed by atoms with van der Waals surface area (Å²) in [5, 5.41) is 2.63. The number of ether oxygens (including phenoxy) is 1. The second-order valence-corrected chi connectivity index (χ2v) is 8.46. The number of sulfonamides is 1. The summed E-state index contributed by atoms with van der Waals surface area (Å²) < 4.78 is 33.0. The molecule has 146 valence electrons. The molecular weight excluding hydrogens is 364 g/mol. The first kappa shape index (κ1) is 20.8. The topological polar surface area (TPSA) is 84.5 Å². The number of aryl methyl sites for hydroxylation is 1. The zero-order valence-corrected chi connectivity index (χ0v) is 16.9. The average Bonchev–Trinajstić information content (AvgIpc) is 2.61. The fraction of sp³-hybridized carbons (Fsp3) is 0.350. The van der Waals surface area contributed by atoms with Crippen molar-refractivity contribution in [1.29, 1.82) is 0 Å². The molecular formula is C20H26N2O4S. The molecule has 1 amide bonds. The van der Waals surface area contributed by atoms with Crippen molar-refractivity contribution in [3.8, 4) is 5.75 Å². The van der Waals surface area contributed by atoms with Gasteiger partial charge in [-0.2, -0.15) is 0 Å². The van der Waals surface area contributed by atoms with E-state index in [0.717, 1.165) is 18.4 Å². The molecule has 0 aliphatic heterocycles. The van der Waals surface area contributed by atoms with Gasteiger partial charge in [0.15, 0.2) is 0 Å². The van der Waals surface area contributed by atoms with Crippen molar-refractivity contribution in [2.45, 2.75) is 38.5 Å². The van der Waals surface area contributed by atoms with Gasteiger partial charge in [0.05, 0.1) is 23.4 Å². The van der Waals surface area contributed by atoms with Crippen LogP contribution < -0.4 is 14.8 Å². The van der Waals surface area contributed by atoms with E-state index in [4.69, 9.17) is 4.74 Å². The average molecular weight is 391 g/mol. The number of carbonyl (C=O) groups is 1. The number of anilines is 2. The van der Waals surface area contributed by atoms with Crippen LogP contribution in [-0.4, -0.2) is 21.4 Å². The van der Waals surface area contributed by atoms with Crippen LogP contribution in [0.25, 0.3) is 0 Å². The van der Waals surface area contributed by atoms with E-state index in [2.05, 4.69) is 23.9 Å². The zero-order chi connectivity index (χ0) is 20.0. The van der Waals surface area contributed by atoms with Gasteiger partial charge >= 0.3 is 0 Å². The molecule has 0 unspecified atom stereocenters. The van der Waals surface area contributed by atoms with Crippen LogP contribution in [0.1, 0.15) is 32.8 Å². The minimum atomic E-state index is -3.72. The maximum atomic E-state index is 12.6. The molecule has 2 aromatic rings. The molecule has 0 heterocycles. The predicted molar refractivity (Wildman–Crippen MR) is 108 cm³/mol. The standard InChI is InChI=1S/C20H26N2O4S/c1-14(2)5-6-16-7-10-18(11-8-16)27(24,25)22-17-9-12-19(21-15(3)23)20(13-17)26-4/h7-14,22H,5-6H2,1-4H3,(H,21,23). The second-order valence-electron chi connectivity index (χ2n) is 6.78. The van der Waals surface area contributed by atoms with Crippen molar-refractivity contribution >= 4 is 27.3 Å². The Labute approximate surface area is 161 Å². The highest BCUT2D eigenvalue weighted by Gasteiger charge is 2.15. The fourth-order valence-electron chi connectivity index (χ4n) is 2.55. The molecule has 0 aliphatic carbocycles. The lowest BCUT2D eigenvalue weighted by atomic mass is 10.0. The normalized spacial score (nSPS) is 11.3. The summed E-state index contributed by atoms with van der Waals surface area (Å²) in [5.74, 6) is 0.735. The van der Waals surface area contributed by atoms with Gasteiger partial charge in [0.1, 0.15) is 5.75 Å². The van der Waals surface area contributed by atoms with Gasteiger partial charge in [-0.1, -0.05) is 26.0 Å². The van der Waals surface area contributed by atoms with Gasteiger partial charge in [-0.25, -0.2) is 8.42 Å². The molecule has 6 nitrogen and oxygen atoms in total. The number of nitrogens with one attached hydrogen (secondary N) is 2. The summed E-state index contributed by atoms with van der Waals surface area (Å²) in [7, 11) is -2.26. The summed E-state index contributed by atoms with van der Waals surface area (Å²) >= 11 is 0. The lowest BCUT2D eigenvalue weighted by molar-refractivity contribution is -0.114. The molecule has 0 fully saturated rings. The lowest BCUT2D eigenvalue weighted by Gasteiger charge is -2.13. The summed E-state index contributed by atoms with van der Waals surface area (Å²) in [6.45, 7) is 5.71. The molecule has 0 spiro atoms. The second kappa shape index (κ2) is 8.90. The molecule has 0 saturated carbocycles. The molecule has 0 radical (unpaired) electrons. The number of methoxy groups -OCH3 is 1. The van der Waals surface area contributed by atoms with Crippen LogP contribution in [0.3, 0.4) is 0 Å². The smallest absolute Gasteiger partial charge is 0.261 e. The number of hydrogen-bond donors (Lipinski definition) is 2. The van der Waals surface area contributed by atoms with E-state index in [1.165, 1.54) is 20.1 Å². The van der Waals surface area contributed by atoms with Gasteiger partial charge < -0.3 is 10.1 Å². The Morgan fingerprint density at radius 1 is 1.11 bits per heavy atom. The third-order valence-corrected chi connectivity index (χ3v) is 5.41. The van der Waals surface area contributed by atoms with Gasteiger partial charge in [0, 0.05) is 13.0 Å². The Balaban J connectivity index is 2.17. The van der Waals surface area contributed by atoms with Crippen molar-refractivity contribution in [2.75, 3.05) is 17.1 Å². The molecule has 0 saturated heterocycles. The molecule has 2 N–H and O–H groups in total. The van der Waals surface area contributed by atoms with Crippen LogP contribution in [-0.2, 0) is 21.2 Å². The van der Waals surface area contributed by atoms with Crippen molar-refractivity contribution in [3.05, 3.63) is 48.0 Å². The minimum absolute atomic E-state index is 0.195. The third-order valence-electron chi connectivity index (χ3n) is 4.01. The zero-order valence-electron chi connectivity index (χ0n) is 16.1. The van der Waals surface area contributed by atoms with E-state index in [1.54, 1.807) is 24.3 Å². The Bertz CT molecular complexity index is 891. The SMILES string of the molecule is COc1cc(NS(=O)(=O)c2ccc(CCC(C)C)cc2)ccc1NC(C)=O. The monoisotopic (exact) mass is 390 g/mol. The van der Waals surface area contributed by atoms with E-state index >= 15 is 0 Å². The van der Waals surface area contributed by atoms with Crippen LogP contribution in [0.4, 0.5) is 11.4 Å². The van der Waals surface area contributed by atoms with Crippen molar-refractivity contribution in [2.24, 2.45) is 5.92 Å². The van der Waals surface area contributed by atoms with E-state index in [-0.39, 0.29) is 10.8 Å². The maximum Gasteiger partial charge on any atom is 0.261 e. The number of benzene rings is 2. The lowest BCUT2D eigenvalue weighted by Crippen LogP contribution is -2.13. The quantitative estimate of drug-likeness (QED) is 0.712. The number of hydrogen-bond acceptors (Lipinski definition) is 4. The van der Waals surface area contributed by atoms with Crippen LogP contribution in [0.5, 0.6) is 5.75 Å². The van der Waals surface area contributed by atoms with Crippen LogP contribution in [0.15, 0.2) is 47.4 Å². The molecule has 0 bridgehead atoms. The molecule has 2 rings (SSSR count). The Hall–Kier alpha value is -2.54. The molecule has 2 aromatic carbocycles. The van der Waals surface area contributed by atoms with E-state index in [1.807, 2.05) is 12.1 Å². The summed E-state index contributed by atoms with van der Waals surface area (Å²) in [4.78, 5) is 11.4.